The highest BCUT2D eigenvalue weighted by atomic mass is 16.5. The fourth-order valence-electron chi connectivity index (χ4n) is 3.71. The Kier molecular flexibility index (Phi) is 3.17. The summed E-state index contributed by atoms with van der Waals surface area (Å²) in [4.78, 5) is 31.9. The number of imidazole rings is 1. The van der Waals surface area contributed by atoms with Gasteiger partial charge in [-0.05, 0) is 44.8 Å². The van der Waals surface area contributed by atoms with Crippen LogP contribution in [0.4, 0.5) is 0 Å². The highest BCUT2D eigenvalue weighted by Crippen LogP contribution is 2.40. The summed E-state index contributed by atoms with van der Waals surface area (Å²) >= 11 is 0. The Morgan fingerprint density at radius 1 is 1.46 bits per heavy atom. The number of hydrogen-bond donors (Lipinski definition) is 0. The summed E-state index contributed by atoms with van der Waals surface area (Å²) in [6.07, 6.45) is 1.68. The van der Waals surface area contributed by atoms with Gasteiger partial charge in [-0.3, -0.25) is 9.36 Å². The van der Waals surface area contributed by atoms with Gasteiger partial charge in [-0.15, -0.1) is 0 Å². The molecule has 136 valence electrons. The molecule has 0 saturated carbocycles. The van der Waals surface area contributed by atoms with Crippen molar-refractivity contribution in [3.05, 3.63) is 41.5 Å². The number of ether oxygens (including phenoxy) is 2. The number of carbonyl (C=O) groups excluding carboxylic acids is 2. The number of benzene rings is 1. The molecule has 4 rings (SSSR count). The molecule has 0 aliphatic carbocycles. The van der Waals surface area contributed by atoms with Gasteiger partial charge in [-0.2, -0.15) is 0 Å². The lowest BCUT2D eigenvalue weighted by atomic mass is 10.1. The summed E-state index contributed by atoms with van der Waals surface area (Å²) in [5, 5.41) is 0. The summed E-state index contributed by atoms with van der Waals surface area (Å²) < 4.78 is 34.4. The van der Waals surface area contributed by atoms with Crippen LogP contribution in [0, 0.1) is 0 Å². The number of esters is 1. The standard InChI is InChI=1S/C19H21N3O4/c1-11(2)26-19(24)16-17-15-5-4-8-21(15)18(23)13-9-12(25-3)6-7-14(13)22(17)10-20-16/h6-7,9-11,15H,4-5,8H2,1-3H3/t15-/m0/s1/i1D3/t11?,15-. The molecule has 1 aromatic heterocycles. The van der Waals surface area contributed by atoms with Gasteiger partial charge < -0.3 is 14.4 Å². The lowest BCUT2D eigenvalue weighted by Gasteiger charge is -2.23. The molecule has 0 radical (unpaired) electrons. The maximum absolute atomic E-state index is 13.2. The molecule has 7 nitrogen and oxygen atoms in total. The zero-order valence-corrected chi connectivity index (χ0v) is 14.6. The van der Waals surface area contributed by atoms with Gasteiger partial charge in [-0.1, -0.05) is 0 Å². The molecule has 7 heteroatoms. The molecule has 1 saturated heterocycles. The fraction of sp³-hybridized carbons (Fsp3) is 0.421. The Bertz CT molecular complexity index is 986. The number of rotatable bonds is 3. The van der Waals surface area contributed by atoms with Gasteiger partial charge in [0.2, 0.25) is 0 Å². The highest BCUT2D eigenvalue weighted by Gasteiger charge is 2.40. The predicted molar refractivity (Wildman–Crippen MR) is 93.7 cm³/mol. The summed E-state index contributed by atoms with van der Waals surface area (Å²) in [6, 6.07) is 4.83. The number of hydrogen-bond acceptors (Lipinski definition) is 5. The maximum Gasteiger partial charge on any atom is 0.359 e. The van der Waals surface area contributed by atoms with Crippen LogP contribution < -0.4 is 4.74 Å². The van der Waals surface area contributed by atoms with Gasteiger partial charge in [0.05, 0.1) is 36.2 Å². The average Bonchev–Trinajstić information content (AvgIpc) is 3.30. The molecule has 1 amide bonds. The second kappa shape index (κ2) is 6.16. The van der Waals surface area contributed by atoms with Crippen molar-refractivity contribution in [1.29, 1.82) is 0 Å². The minimum absolute atomic E-state index is 0.0365. The Morgan fingerprint density at radius 3 is 3.08 bits per heavy atom. The molecule has 3 heterocycles. The molecular weight excluding hydrogens is 334 g/mol. The van der Waals surface area contributed by atoms with Crippen molar-refractivity contribution >= 4 is 11.9 Å². The molecule has 0 spiro atoms. The first-order valence-electron chi connectivity index (χ1n) is 10.00. The van der Waals surface area contributed by atoms with Crippen LogP contribution in [0.2, 0.25) is 0 Å². The third-order valence-corrected chi connectivity index (χ3v) is 4.80. The van der Waals surface area contributed by atoms with Crippen LogP contribution >= 0.6 is 0 Å². The number of carbonyl (C=O) groups is 2. The first-order valence-corrected chi connectivity index (χ1v) is 8.50. The molecule has 2 aliphatic rings. The van der Waals surface area contributed by atoms with Crippen LogP contribution in [0.3, 0.4) is 0 Å². The molecule has 2 aromatic rings. The Morgan fingerprint density at radius 2 is 2.31 bits per heavy atom. The number of aromatic nitrogens is 2. The topological polar surface area (TPSA) is 73.7 Å². The van der Waals surface area contributed by atoms with E-state index >= 15 is 0 Å². The van der Waals surface area contributed by atoms with Crippen LogP contribution in [0.25, 0.3) is 5.69 Å². The molecule has 2 atom stereocenters. The predicted octanol–water partition coefficient (Wildman–Crippen LogP) is 2.74. The van der Waals surface area contributed by atoms with Crippen LogP contribution in [0.15, 0.2) is 24.5 Å². The molecule has 0 bridgehead atoms. The van der Waals surface area contributed by atoms with Crippen molar-refractivity contribution in [2.45, 2.75) is 38.8 Å². The minimum atomic E-state index is -2.43. The highest BCUT2D eigenvalue weighted by molar-refractivity contribution is 6.00. The van der Waals surface area contributed by atoms with Gasteiger partial charge in [-0.25, -0.2) is 9.78 Å². The smallest absolute Gasteiger partial charge is 0.359 e. The van der Waals surface area contributed by atoms with E-state index in [4.69, 9.17) is 13.6 Å². The Hall–Kier alpha value is -2.83. The number of amides is 1. The van der Waals surface area contributed by atoms with E-state index in [0.717, 1.165) is 6.42 Å². The summed E-state index contributed by atoms with van der Waals surface area (Å²) in [5.41, 5.74) is 1.63. The zero-order valence-electron chi connectivity index (χ0n) is 17.6. The van der Waals surface area contributed by atoms with Crippen LogP contribution in [-0.4, -0.2) is 46.1 Å². The summed E-state index contributed by atoms with van der Waals surface area (Å²) in [6.45, 7) is -0.539. The van der Waals surface area contributed by atoms with Crippen LogP contribution in [-0.2, 0) is 4.74 Å². The summed E-state index contributed by atoms with van der Waals surface area (Å²) in [7, 11) is 1.53. The zero-order chi connectivity index (χ0) is 20.9. The van der Waals surface area contributed by atoms with Crippen molar-refractivity contribution in [1.82, 2.24) is 14.5 Å². The monoisotopic (exact) mass is 358 g/mol. The first-order chi connectivity index (χ1) is 13.7. The van der Waals surface area contributed by atoms with Crippen molar-refractivity contribution in [3.63, 3.8) is 0 Å². The number of fused-ring (bicyclic) bond motifs is 5. The maximum atomic E-state index is 13.2. The van der Waals surface area contributed by atoms with E-state index in [9.17, 15) is 9.59 Å². The second-order valence-corrected chi connectivity index (χ2v) is 6.44. The van der Waals surface area contributed by atoms with Gasteiger partial charge in [0.1, 0.15) is 12.1 Å². The third kappa shape index (κ3) is 2.46. The third-order valence-electron chi connectivity index (χ3n) is 4.80. The van der Waals surface area contributed by atoms with E-state index in [-0.39, 0.29) is 17.6 Å². The van der Waals surface area contributed by atoms with Crippen molar-refractivity contribution < 1.29 is 23.2 Å². The second-order valence-electron chi connectivity index (χ2n) is 6.44. The lowest BCUT2D eigenvalue weighted by molar-refractivity contribution is 0.0366. The molecule has 1 fully saturated rings. The number of methoxy groups -OCH3 is 1. The van der Waals surface area contributed by atoms with Crippen LogP contribution in [0.1, 0.15) is 63.3 Å². The van der Waals surface area contributed by atoms with E-state index in [1.807, 2.05) is 0 Å². The summed E-state index contributed by atoms with van der Waals surface area (Å²) in [5.74, 6) is -0.388. The first kappa shape index (κ1) is 13.4. The Labute approximate surface area is 155 Å². The van der Waals surface area contributed by atoms with Crippen molar-refractivity contribution in [3.8, 4) is 11.4 Å². The fourth-order valence-corrected chi connectivity index (χ4v) is 3.71. The molecule has 26 heavy (non-hydrogen) atoms. The molecule has 1 unspecified atom stereocenters. The van der Waals surface area contributed by atoms with E-state index in [1.54, 1.807) is 27.7 Å². The number of nitrogens with zero attached hydrogens (tertiary/aromatic N) is 3. The van der Waals surface area contributed by atoms with Gasteiger partial charge in [0.15, 0.2) is 5.69 Å². The minimum Gasteiger partial charge on any atom is -0.497 e. The molecule has 1 aromatic carbocycles. The average molecular weight is 358 g/mol. The van der Waals surface area contributed by atoms with Gasteiger partial charge in [0, 0.05) is 10.7 Å². The van der Waals surface area contributed by atoms with Gasteiger partial charge >= 0.3 is 5.97 Å². The normalized spacial score (nSPS) is 21.5. The molecular formula is C19H21N3O4. The van der Waals surface area contributed by atoms with E-state index in [2.05, 4.69) is 4.98 Å². The Balaban J connectivity index is 1.83. The van der Waals surface area contributed by atoms with E-state index in [1.165, 1.54) is 20.4 Å². The van der Waals surface area contributed by atoms with Gasteiger partial charge in [0.25, 0.3) is 5.91 Å². The largest absolute Gasteiger partial charge is 0.497 e. The van der Waals surface area contributed by atoms with E-state index in [0.29, 0.717) is 35.7 Å². The van der Waals surface area contributed by atoms with Crippen molar-refractivity contribution in [2.75, 3.05) is 13.7 Å². The van der Waals surface area contributed by atoms with Crippen molar-refractivity contribution in [2.24, 2.45) is 0 Å². The molecule has 0 N–H and O–H groups in total. The SMILES string of the molecule is [2H]C([2H])([2H])C(C)OC(=O)c1ncn2c1[C@@H]1CCCN1C(=O)c1cc(OC)ccc1-2. The lowest BCUT2D eigenvalue weighted by Crippen LogP contribution is -2.30. The van der Waals surface area contributed by atoms with Crippen LogP contribution in [0.5, 0.6) is 5.75 Å². The molecule has 2 aliphatic heterocycles. The quantitative estimate of drug-likeness (QED) is 0.789. The van der Waals surface area contributed by atoms with E-state index < -0.39 is 18.9 Å².